The molecule has 116 valence electrons. The highest BCUT2D eigenvalue weighted by atomic mass is 32.2. The van der Waals surface area contributed by atoms with Gasteiger partial charge >= 0.3 is 12.0 Å². The summed E-state index contributed by atoms with van der Waals surface area (Å²) in [4.78, 5) is 27.0. The van der Waals surface area contributed by atoms with Crippen LogP contribution >= 0.6 is 34.9 Å². The number of urea groups is 1. The van der Waals surface area contributed by atoms with E-state index in [1.165, 1.54) is 5.75 Å². The molecule has 9 heteroatoms. The molecule has 1 unspecified atom stereocenters. The Balaban J connectivity index is 1.73. The van der Waals surface area contributed by atoms with Crippen molar-refractivity contribution in [3.8, 4) is 0 Å². The molecular weight excluding hydrogens is 330 g/mol. The first-order valence-corrected chi connectivity index (χ1v) is 9.49. The minimum atomic E-state index is -0.979. The summed E-state index contributed by atoms with van der Waals surface area (Å²) in [5, 5.41) is 15.6. The maximum Gasteiger partial charge on any atom is 0.347 e. The summed E-state index contributed by atoms with van der Waals surface area (Å²) < 4.78 is 0. The van der Waals surface area contributed by atoms with Crippen molar-refractivity contribution in [1.82, 2.24) is 15.6 Å². The molecule has 0 radical (unpaired) electrons. The predicted octanol–water partition coefficient (Wildman–Crippen LogP) is 1.80. The summed E-state index contributed by atoms with van der Waals surface area (Å²) in [6.07, 6.45) is 0. The zero-order valence-corrected chi connectivity index (χ0v) is 14.0. The Hall–Kier alpha value is -0.930. The Bertz CT molecular complexity index is 515. The fourth-order valence-electron chi connectivity index (χ4n) is 1.81. The van der Waals surface area contributed by atoms with Crippen LogP contribution in [0.2, 0.25) is 0 Å². The van der Waals surface area contributed by atoms with E-state index in [0.29, 0.717) is 22.5 Å². The highest BCUT2D eigenvalue weighted by molar-refractivity contribution is 8.06. The van der Waals surface area contributed by atoms with Crippen molar-refractivity contribution in [3.63, 3.8) is 0 Å². The molecule has 1 aliphatic heterocycles. The fourth-order valence-corrected chi connectivity index (χ4v) is 5.26. The SMILES string of the molecule is Cc1nc(CNC(=O)NCC2CSCCS2)sc1C(=O)O. The lowest BCUT2D eigenvalue weighted by molar-refractivity contribution is 0.0701. The number of thioether (sulfide) groups is 2. The second kappa shape index (κ2) is 7.90. The largest absolute Gasteiger partial charge is 0.477 e. The van der Waals surface area contributed by atoms with Gasteiger partial charge in [-0.05, 0) is 6.92 Å². The number of carbonyl (C=O) groups excluding carboxylic acids is 1. The summed E-state index contributed by atoms with van der Waals surface area (Å²) in [6, 6.07) is -0.240. The number of amides is 2. The van der Waals surface area contributed by atoms with E-state index in [1.54, 1.807) is 6.92 Å². The number of carboxylic acid groups (broad SMARTS) is 1. The van der Waals surface area contributed by atoms with Gasteiger partial charge in [-0.2, -0.15) is 23.5 Å². The first-order valence-electron chi connectivity index (χ1n) is 6.47. The van der Waals surface area contributed by atoms with Gasteiger partial charge in [0, 0.05) is 29.1 Å². The highest BCUT2D eigenvalue weighted by Gasteiger charge is 2.16. The smallest absolute Gasteiger partial charge is 0.347 e. The Morgan fingerprint density at radius 2 is 2.19 bits per heavy atom. The number of nitrogens with zero attached hydrogens (tertiary/aromatic N) is 1. The molecule has 21 heavy (non-hydrogen) atoms. The van der Waals surface area contributed by atoms with E-state index >= 15 is 0 Å². The molecule has 1 atom stereocenters. The minimum Gasteiger partial charge on any atom is -0.477 e. The number of hydrogen-bond acceptors (Lipinski definition) is 6. The molecule has 1 fully saturated rings. The Labute approximate surface area is 135 Å². The zero-order chi connectivity index (χ0) is 15.2. The quantitative estimate of drug-likeness (QED) is 0.752. The van der Waals surface area contributed by atoms with Gasteiger partial charge in [0.15, 0.2) is 0 Å². The fraction of sp³-hybridized carbons (Fsp3) is 0.583. The molecule has 1 saturated heterocycles. The maximum atomic E-state index is 11.7. The third-order valence-electron chi connectivity index (χ3n) is 2.81. The molecule has 0 bridgehead atoms. The van der Waals surface area contributed by atoms with Gasteiger partial charge in [0.05, 0.1) is 12.2 Å². The van der Waals surface area contributed by atoms with Crippen LogP contribution < -0.4 is 10.6 Å². The second-order valence-corrected chi connectivity index (χ2v) is 8.10. The van der Waals surface area contributed by atoms with Crippen LogP contribution in [-0.2, 0) is 6.54 Å². The number of rotatable bonds is 5. The predicted molar refractivity (Wildman–Crippen MR) is 87.6 cm³/mol. The van der Waals surface area contributed by atoms with Gasteiger partial charge in [-0.25, -0.2) is 14.6 Å². The molecular formula is C12H17N3O3S3. The number of aromatic nitrogens is 1. The van der Waals surface area contributed by atoms with Gasteiger partial charge in [-0.1, -0.05) is 0 Å². The summed E-state index contributed by atoms with van der Waals surface area (Å²) in [6.45, 7) is 2.56. The van der Waals surface area contributed by atoms with Crippen molar-refractivity contribution < 1.29 is 14.7 Å². The van der Waals surface area contributed by atoms with Crippen LogP contribution in [0.4, 0.5) is 4.79 Å². The minimum absolute atomic E-state index is 0.225. The lowest BCUT2D eigenvalue weighted by Gasteiger charge is -2.21. The number of carbonyl (C=O) groups is 2. The topological polar surface area (TPSA) is 91.3 Å². The Morgan fingerprint density at radius 3 is 2.81 bits per heavy atom. The monoisotopic (exact) mass is 347 g/mol. The van der Waals surface area contributed by atoms with Gasteiger partial charge in [0.1, 0.15) is 9.88 Å². The number of aryl methyl sites for hydroxylation is 1. The average Bonchev–Trinajstić information content (AvgIpc) is 2.85. The van der Waals surface area contributed by atoms with Gasteiger partial charge in [0.25, 0.3) is 0 Å². The molecule has 2 amide bonds. The van der Waals surface area contributed by atoms with Crippen molar-refractivity contribution in [2.45, 2.75) is 18.7 Å². The van der Waals surface area contributed by atoms with E-state index in [2.05, 4.69) is 15.6 Å². The van der Waals surface area contributed by atoms with Crippen molar-refractivity contribution >= 4 is 46.9 Å². The van der Waals surface area contributed by atoms with E-state index in [-0.39, 0.29) is 17.5 Å². The normalized spacial score (nSPS) is 18.2. The van der Waals surface area contributed by atoms with Crippen LogP contribution in [0, 0.1) is 6.92 Å². The molecule has 0 spiro atoms. The van der Waals surface area contributed by atoms with Crippen LogP contribution in [0.25, 0.3) is 0 Å². The maximum absolute atomic E-state index is 11.7. The summed E-state index contributed by atoms with van der Waals surface area (Å²) in [5.74, 6) is 2.41. The molecule has 3 N–H and O–H groups in total. The van der Waals surface area contributed by atoms with Crippen molar-refractivity contribution in [2.75, 3.05) is 23.8 Å². The van der Waals surface area contributed by atoms with Crippen molar-refractivity contribution in [2.24, 2.45) is 0 Å². The van der Waals surface area contributed by atoms with Crippen LogP contribution in [0.5, 0.6) is 0 Å². The average molecular weight is 347 g/mol. The molecule has 2 rings (SSSR count). The number of carboxylic acids is 1. The molecule has 1 aliphatic rings. The summed E-state index contributed by atoms with van der Waals surface area (Å²) in [5.41, 5.74) is 0.486. The van der Waals surface area contributed by atoms with E-state index in [4.69, 9.17) is 5.11 Å². The number of thiazole rings is 1. The van der Waals surface area contributed by atoms with E-state index in [1.807, 2.05) is 23.5 Å². The molecule has 0 saturated carbocycles. The van der Waals surface area contributed by atoms with E-state index in [9.17, 15) is 9.59 Å². The Kier molecular flexibility index (Phi) is 6.19. The lowest BCUT2D eigenvalue weighted by atomic mass is 10.4. The molecule has 1 aromatic heterocycles. The summed E-state index contributed by atoms with van der Waals surface area (Å²) in [7, 11) is 0. The van der Waals surface area contributed by atoms with E-state index in [0.717, 1.165) is 22.8 Å². The van der Waals surface area contributed by atoms with Crippen LogP contribution in [0.3, 0.4) is 0 Å². The highest BCUT2D eigenvalue weighted by Crippen LogP contribution is 2.23. The van der Waals surface area contributed by atoms with Gasteiger partial charge in [0.2, 0.25) is 0 Å². The third kappa shape index (κ3) is 5.08. The number of hydrogen-bond donors (Lipinski definition) is 3. The molecule has 0 aromatic carbocycles. The van der Waals surface area contributed by atoms with E-state index < -0.39 is 5.97 Å². The van der Waals surface area contributed by atoms with Gasteiger partial charge in [-0.15, -0.1) is 11.3 Å². The summed E-state index contributed by atoms with van der Waals surface area (Å²) >= 11 is 4.90. The first-order chi connectivity index (χ1) is 10.1. The lowest BCUT2D eigenvalue weighted by Crippen LogP contribution is -2.39. The van der Waals surface area contributed by atoms with Gasteiger partial charge < -0.3 is 15.7 Å². The van der Waals surface area contributed by atoms with Crippen LogP contribution in [-0.4, -0.2) is 51.1 Å². The second-order valence-electron chi connectivity index (χ2n) is 4.46. The van der Waals surface area contributed by atoms with Crippen LogP contribution in [0.1, 0.15) is 20.4 Å². The van der Waals surface area contributed by atoms with Crippen molar-refractivity contribution in [3.05, 3.63) is 15.6 Å². The molecule has 2 heterocycles. The standard InChI is InChI=1S/C12H17N3O3S3/c1-7-10(11(16)17)21-9(15-7)5-14-12(18)13-4-8-6-19-2-3-20-8/h8H,2-6H2,1H3,(H,16,17)(H2,13,14,18). The zero-order valence-electron chi connectivity index (χ0n) is 11.5. The number of nitrogens with one attached hydrogen (secondary N) is 2. The number of aromatic carboxylic acids is 1. The molecule has 0 aliphatic carbocycles. The Morgan fingerprint density at radius 1 is 1.38 bits per heavy atom. The van der Waals surface area contributed by atoms with Crippen LogP contribution in [0.15, 0.2) is 0 Å². The first kappa shape index (κ1) is 16.4. The molecule has 6 nitrogen and oxygen atoms in total. The van der Waals surface area contributed by atoms with Gasteiger partial charge in [-0.3, -0.25) is 0 Å². The third-order valence-corrected chi connectivity index (χ3v) is 6.80. The molecule has 1 aromatic rings. The van der Waals surface area contributed by atoms with Crippen molar-refractivity contribution in [1.29, 1.82) is 0 Å².